The molecule has 0 aliphatic heterocycles. The largest absolute Gasteiger partial charge is 0.445 e. The fraction of sp³-hybridized carbons (Fsp3) is 0.429. The van der Waals surface area contributed by atoms with Crippen LogP contribution in [-0.2, 0) is 11.3 Å². The topological polar surface area (TPSA) is 62.1 Å². The van der Waals surface area contributed by atoms with Gasteiger partial charge in [-0.3, -0.25) is 0 Å². The lowest BCUT2D eigenvalue weighted by molar-refractivity contribution is -0.137. The van der Waals surface area contributed by atoms with E-state index in [-0.39, 0.29) is 6.61 Å². The second-order valence-corrected chi connectivity index (χ2v) is 4.75. The van der Waals surface area contributed by atoms with Crippen LogP contribution in [0, 0.1) is 11.3 Å². The van der Waals surface area contributed by atoms with Gasteiger partial charge in [-0.1, -0.05) is 30.3 Å². The first-order valence-electron chi connectivity index (χ1n) is 6.21. The molecule has 0 bridgehead atoms. The van der Waals surface area contributed by atoms with Crippen LogP contribution >= 0.6 is 0 Å². The number of alkyl carbamates (subject to hydrolysis) is 1. The van der Waals surface area contributed by atoms with E-state index in [1.54, 1.807) is 36.4 Å². The number of alkyl halides is 3. The molecule has 114 valence electrons. The lowest BCUT2D eigenvalue weighted by atomic mass is 9.98. The molecule has 0 spiro atoms. The lowest BCUT2D eigenvalue weighted by Gasteiger charge is -2.23. The zero-order valence-corrected chi connectivity index (χ0v) is 11.4. The number of amides is 1. The second-order valence-electron chi connectivity index (χ2n) is 4.75. The van der Waals surface area contributed by atoms with Crippen LogP contribution in [0.4, 0.5) is 18.0 Å². The third-order valence-corrected chi connectivity index (χ3v) is 2.75. The average Bonchev–Trinajstić information content (AvgIpc) is 2.43. The maximum Gasteiger partial charge on any atom is 0.408 e. The van der Waals surface area contributed by atoms with Gasteiger partial charge in [0.15, 0.2) is 0 Å². The number of benzene rings is 1. The molecular weight excluding hydrogens is 285 g/mol. The van der Waals surface area contributed by atoms with E-state index < -0.39 is 30.7 Å². The number of nitrogens with one attached hydrogen (secondary N) is 1. The minimum absolute atomic E-state index is 0.0204. The number of ether oxygens (including phenoxy) is 1. The van der Waals surface area contributed by atoms with Crippen LogP contribution in [0.15, 0.2) is 30.3 Å². The number of carbonyl (C=O) groups is 1. The van der Waals surface area contributed by atoms with Crippen LogP contribution in [0.3, 0.4) is 0 Å². The number of nitriles is 1. The van der Waals surface area contributed by atoms with Crippen molar-refractivity contribution in [3.63, 3.8) is 0 Å². The van der Waals surface area contributed by atoms with Gasteiger partial charge in [-0.2, -0.15) is 18.4 Å². The van der Waals surface area contributed by atoms with Gasteiger partial charge in [0.05, 0.1) is 6.07 Å². The highest BCUT2D eigenvalue weighted by atomic mass is 19.4. The van der Waals surface area contributed by atoms with Crippen LogP contribution < -0.4 is 5.32 Å². The molecule has 7 heteroatoms. The summed E-state index contributed by atoms with van der Waals surface area (Å²) in [6.07, 6.45) is -7.00. The normalized spacial score (nSPS) is 13.9. The Balaban J connectivity index is 2.49. The molecule has 0 saturated heterocycles. The van der Waals surface area contributed by atoms with E-state index in [0.29, 0.717) is 0 Å². The Kier molecular flexibility index (Phi) is 5.59. The van der Waals surface area contributed by atoms with E-state index in [0.717, 1.165) is 5.56 Å². The van der Waals surface area contributed by atoms with E-state index in [1.165, 1.54) is 6.92 Å². The molecule has 1 aromatic rings. The van der Waals surface area contributed by atoms with Crippen molar-refractivity contribution in [3.05, 3.63) is 35.9 Å². The maximum atomic E-state index is 12.2. The van der Waals surface area contributed by atoms with E-state index >= 15 is 0 Å². The number of carbonyl (C=O) groups excluding carboxylic acids is 1. The fourth-order valence-corrected chi connectivity index (χ4v) is 1.52. The molecule has 21 heavy (non-hydrogen) atoms. The molecule has 1 atom stereocenters. The average molecular weight is 300 g/mol. The van der Waals surface area contributed by atoms with Crippen LogP contribution in [0.2, 0.25) is 0 Å². The minimum Gasteiger partial charge on any atom is -0.445 e. The Hall–Kier alpha value is -2.23. The monoisotopic (exact) mass is 300 g/mol. The number of nitrogens with zero attached hydrogens (tertiary/aromatic N) is 1. The summed E-state index contributed by atoms with van der Waals surface area (Å²) in [6, 6.07) is 10.5. The van der Waals surface area contributed by atoms with Crippen molar-refractivity contribution in [1.82, 2.24) is 5.32 Å². The maximum absolute atomic E-state index is 12.2. The summed E-state index contributed by atoms with van der Waals surface area (Å²) in [5, 5.41) is 11.1. The lowest BCUT2D eigenvalue weighted by Crippen LogP contribution is -2.45. The summed E-state index contributed by atoms with van der Waals surface area (Å²) in [5.41, 5.74) is -0.884. The summed E-state index contributed by atoms with van der Waals surface area (Å²) in [4.78, 5) is 11.5. The molecule has 1 N–H and O–H groups in total. The van der Waals surface area contributed by atoms with Crippen LogP contribution in [0.1, 0.15) is 25.3 Å². The summed E-state index contributed by atoms with van der Waals surface area (Å²) in [5.74, 6) is 0. The quantitative estimate of drug-likeness (QED) is 0.904. The summed E-state index contributed by atoms with van der Waals surface area (Å²) < 4.78 is 41.4. The first-order chi connectivity index (χ1) is 9.74. The third-order valence-electron chi connectivity index (χ3n) is 2.75. The van der Waals surface area contributed by atoms with Crippen molar-refractivity contribution in [1.29, 1.82) is 5.26 Å². The molecule has 0 radical (unpaired) electrons. The smallest absolute Gasteiger partial charge is 0.408 e. The van der Waals surface area contributed by atoms with Crippen molar-refractivity contribution in [2.45, 2.75) is 38.1 Å². The summed E-state index contributed by atoms with van der Waals surface area (Å²) in [6.45, 7) is 1.20. The number of hydrogen-bond acceptors (Lipinski definition) is 3. The van der Waals surface area contributed by atoms with E-state index in [9.17, 15) is 18.0 Å². The molecule has 1 aromatic carbocycles. The van der Waals surface area contributed by atoms with Gasteiger partial charge >= 0.3 is 12.3 Å². The van der Waals surface area contributed by atoms with Gasteiger partial charge in [0, 0.05) is 6.42 Å². The molecule has 0 aliphatic carbocycles. The number of halogens is 3. The highest BCUT2D eigenvalue weighted by molar-refractivity contribution is 5.68. The highest BCUT2D eigenvalue weighted by Gasteiger charge is 2.34. The zero-order valence-electron chi connectivity index (χ0n) is 11.4. The second kappa shape index (κ2) is 6.97. The molecule has 0 saturated carbocycles. The van der Waals surface area contributed by atoms with Crippen molar-refractivity contribution in [2.24, 2.45) is 0 Å². The minimum atomic E-state index is -4.38. The molecule has 1 amide bonds. The van der Waals surface area contributed by atoms with Gasteiger partial charge in [0.2, 0.25) is 0 Å². The number of hydrogen-bond donors (Lipinski definition) is 1. The first kappa shape index (κ1) is 16.8. The van der Waals surface area contributed by atoms with Crippen molar-refractivity contribution in [2.75, 3.05) is 0 Å². The third kappa shape index (κ3) is 6.65. The fourth-order valence-electron chi connectivity index (χ4n) is 1.52. The molecular formula is C14H15F3N2O2. The summed E-state index contributed by atoms with van der Waals surface area (Å²) in [7, 11) is 0. The Morgan fingerprint density at radius 1 is 1.29 bits per heavy atom. The standard InChI is InChI=1S/C14H15F3N2O2/c1-13(10-18,7-8-14(15,16)17)19-12(20)21-9-11-5-3-2-4-6-11/h2-6H,7-9H2,1H3,(H,19,20)/t13-/m0/s1. The molecule has 1 rings (SSSR count). The van der Waals surface area contributed by atoms with Gasteiger partial charge in [0.25, 0.3) is 0 Å². The molecule has 0 heterocycles. The highest BCUT2D eigenvalue weighted by Crippen LogP contribution is 2.25. The Morgan fingerprint density at radius 3 is 2.43 bits per heavy atom. The van der Waals surface area contributed by atoms with Crippen molar-refractivity contribution < 1.29 is 22.7 Å². The molecule has 4 nitrogen and oxygen atoms in total. The van der Waals surface area contributed by atoms with Gasteiger partial charge in [-0.15, -0.1) is 0 Å². The van der Waals surface area contributed by atoms with Crippen LogP contribution in [-0.4, -0.2) is 17.8 Å². The van der Waals surface area contributed by atoms with Crippen molar-refractivity contribution >= 4 is 6.09 Å². The first-order valence-corrected chi connectivity index (χ1v) is 6.21. The Bertz CT molecular complexity index is 511. The Morgan fingerprint density at radius 2 is 1.90 bits per heavy atom. The SMILES string of the molecule is C[C@@](C#N)(CCC(F)(F)F)NC(=O)OCc1ccccc1. The predicted octanol–water partition coefficient (Wildman–Crippen LogP) is 3.54. The molecule has 0 aromatic heterocycles. The molecule has 0 aliphatic rings. The van der Waals surface area contributed by atoms with E-state index in [4.69, 9.17) is 10.00 Å². The Labute approximate surface area is 120 Å². The van der Waals surface area contributed by atoms with Gasteiger partial charge < -0.3 is 10.1 Å². The van der Waals surface area contributed by atoms with Crippen molar-refractivity contribution in [3.8, 4) is 6.07 Å². The molecule has 0 fully saturated rings. The van der Waals surface area contributed by atoms with Gasteiger partial charge in [0.1, 0.15) is 12.1 Å². The zero-order chi connectivity index (χ0) is 15.9. The van der Waals surface area contributed by atoms with E-state index in [2.05, 4.69) is 5.32 Å². The number of rotatable bonds is 5. The van der Waals surface area contributed by atoms with E-state index in [1.807, 2.05) is 0 Å². The predicted molar refractivity (Wildman–Crippen MR) is 69.1 cm³/mol. The van der Waals surface area contributed by atoms with Crippen LogP contribution in [0.5, 0.6) is 0 Å². The van der Waals surface area contributed by atoms with Crippen LogP contribution in [0.25, 0.3) is 0 Å². The van der Waals surface area contributed by atoms with Gasteiger partial charge in [-0.05, 0) is 18.9 Å². The molecule has 0 unspecified atom stereocenters. The summed E-state index contributed by atoms with van der Waals surface area (Å²) >= 11 is 0. The van der Waals surface area contributed by atoms with Gasteiger partial charge in [-0.25, -0.2) is 4.79 Å².